The number of likely N-dealkylation sites (N-methyl/N-ethyl adjacent to an activating group) is 1. The Balaban J connectivity index is 1.59. The fraction of sp³-hybridized carbons (Fsp3) is 0.267. The van der Waals surface area contributed by atoms with Gasteiger partial charge in [0.2, 0.25) is 0 Å². The third-order valence-corrected chi connectivity index (χ3v) is 7.11. The first-order chi connectivity index (χ1) is 16.8. The maximum Gasteiger partial charge on any atom is 0.135 e. The van der Waals surface area contributed by atoms with Crippen molar-refractivity contribution < 1.29 is 4.42 Å². The van der Waals surface area contributed by atoms with Crippen LogP contribution in [0.25, 0.3) is 6.08 Å². The largest absolute Gasteiger partial charge is 0.459 e. The summed E-state index contributed by atoms with van der Waals surface area (Å²) in [7, 11) is 2.08. The zero-order chi connectivity index (χ0) is 24.7. The van der Waals surface area contributed by atoms with Crippen LogP contribution in [0.4, 0.5) is 5.69 Å². The van der Waals surface area contributed by atoms with E-state index in [9.17, 15) is 0 Å². The number of hydrogen-bond acceptors (Lipinski definition) is 5. The predicted molar refractivity (Wildman–Crippen MR) is 138 cm³/mol. The van der Waals surface area contributed by atoms with Gasteiger partial charge in [0.15, 0.2) is 0 Å². The molecule has 1 aliphatic heterocycles. The predicted octanol–water partition coefficient (Wildman–Crippen LogP) is 6.74. The summed E-state index contributed by atoms with van der Waals surface area (Å²) in [4.78, 5) is 4.57. The molecule has 2 heterocycles. The third kappa shape index (κ3) is 3.80. The Morgan fingerprint density at radius 1 is 1.20 bits per heavy atom. The van der Waals surface area contributed by atoms with E-state index in [0.717, 1.165) is 29.1 Å². The molecule has 1 aromatic carbocycles. The minimum absolute atomic E-state index is 0.0321. The van der Waals surface area contributed by atoms with Crippen molar-refractivity contribution in [2.24, 2.45) is 5.92 Å². The van der Waals surface area contributed by atoms with Gasteiger partial charge >= 0.3 is 0 Å². The normalized spacial score (nSPS) is 21.5. The maximum atomic E-state index is 9.14. The van der Waals surface area contributed by atoms with Crippen LogP contribution in [0.1, 0.15) is 50.3 Å². The van der Waals surface area contributed by atoms with E-state index in [0.29, 0.717) is 11.7 Å². The zero-order valence-electron chi connectivity index (χ0n) is 20.5. The number of hydrogen-bond donors (Lipinski definition) is 0. The van der Waals surface area contributed by atoms with Gasteiger partial charge in [-0.05, 0) is 48.3 Å². The van der Waals surface area contributed by atoms with Crippen molar-refractivity contribution in [1.29, 1.82) is 10.5 Å². The molecule has 2 atom stereocenters. The van der Waals surface area contributed by atoms with E-state index in [1.807, 2.05) is 24.3 Å². The zero-order valence-corrected chi connectivity index (χ0v) is 20.5. The van der Waals surface area contributed by atoms with Crippen LogP contribution in [0, 0.1) is 28.6 Å². The molecule has 1 aromatic heterocycles. The van der Waals surface area contributed by atoms with E-state index in [1.54, 1.807) is 0 Å². The Labute approximate surface area is 206 Å². The molecule has 2 aromatic rings. The van der Waals surface area contributed by atoms with Gasteiger partial charge in [-0.15, -0.1) is 0 Å². The summed E-state index contributed by atoms with van der Waals surface area (Å²) in [5, 5.41) is 18.3. The number of fused-ring (bicyclic) bond motifs is 3. The number of nitriles is 2. The molecule has 2 aliphatic carbocycles. The van der Waals surface area contributed by atoms with Crippen LogP contribution >= 0.6 is 0 Å². The summed E-state index contributed by atoms with van der Waals surface area (Å²) in [6.45, 7) is 6.67. The fourth-order valence-electron chi connectivity index (χ4n) is 5.37. The smallest absolute Gasteiger partial charge is 0.135 e. The van der Waals surface area contributed by atoms with E-state index >= 15 is 0 Å². The lowest BCUT2D eigenvalue weighted by atomic mass is 9.81. The van der Waals surface area contributed by atoms with Crippen molar-refractivity contribution in [2.75, 3.05) is 11.9 Å². The summed E-state index contributed by atoms with van der Waals surface area (Å²) in [6, 6.07) is 16.3. The number of allylic oxidation sites excluding steroid dienone is 6. The van der Waals surface area contributed by atoms with Crippen LogP contribution in [-0.2, 0) is 5.41 Å². The van der Waals surface area contributed by atoms with Crippen molar-refractivity contribution in [3.05, 3.63) is 107 Å². The van der Waals surface area contributed by atoms with Gasteiger partial charge in [-0.3, -0.25) is 0 Å². The molecular weight excluding hydrogens is 432 g/mol. The van der Waals surface area contributed by atoms with Crippen molar-refractivity contribution in [2.45, 2.75) is 38.6 Å². The standard InChI is InChI=1S/C30H28N4O/c1-20-9-8-12-23(13-20)34(22-10-6-5-7-11-22)24-15-26-28(33(4)19-24)29-27(30(26,2)3)16-25(35-29)14-21(17-31)18-32/h5-12,14-16,19-20,28H,13H2,1-4H3. The van der Waals surface area contributed by atoms with Gasteiger partial charge in [-0.1, -0.05) is 51.1 Å². The van der Waals surface area contributed by atoms with E-state index < -0.39 is 0 Å². The van der Waals surface area contributed by atoms with Crippen LogP contribution in [0.5, 0.6) is 0 Å². The molecule has 35 heavy (non-hydrogen) atoms. The minimum Gasteiger partial charge on any atom is -0.459 e. The molecule has 2 unspecified atom stereocenters. The lowest BCUT2D eigenvalue weighted by Gasteiger charge is -2.38. The lowest BCUT2D eigenvalue weighted by molar-refractivity contribution is 0.315. The SMILES string of the molecule is CC1C=CC=C(N(C2=CN(C)C3C(=C2)C(C)(C)c2cc(C=C(C#N)C#N)oc23)c2ccccc2)C1. The molecule has 5 heteroatoms. The first kappa shape index (κ1) is 22.6. The molecule has 5 nitrogen and oxygen atoms in total. The Morgan fingerprint density at radius 3 is 2.63 bits per heavy atom. The van der Waals surface area contributed by atoms with Crippen LogP contribution in [0.15, 0.2) is 93.9 Å². The van der Waals surface area contributed by atoms with E-state index in [1.165, 1.54) is 17.3 Å². The average molecular weight is 461 g/mol. The van der Waals surface area contributed by atoms with Gasteiger partial charge in [0.05, 0.1) is 5.70 Å². The number of furan rings is 1. The van der Waals surface area contributed by atoms with Gasteiger partial charge in [0, 0.05) is 41.7 Å². The number of benzene rings is 1. The molecule has 0 bridgehead atoms. The second kappa shape index (κ2) is 8.53. The van der Waals surface area contributed by atoms with Crippen LogP contribution < -0.4 is 4.90 Å². The van der Waals surface area contributed by atoms with Crippen LogP contribution in [0.3, 0.4) is 0 Å². The fourth-order valence-corrected chi connectivity index (χ4v) is 5.37. The quantitative estimate of drug-likeness (QED) is 0.473. The van der Waals surface area contributed by atoms with Gasteiger partial charge in [-0.2, -0.15) is 10.5 Å². The highest BCUT2D eigenvalue weighted by molar-refractivity contribution is 5.66. The molecule has 0 saturated carbocycles. The Bertz CT molecular complexity index is 1390. The van der Waals surface area contributed by atoms with E-state index in [4.69, 9.17) is 14.9 Å². The third-order valence-electron chi connectivity index (χ3n) is 7.11. The molecule has 5 rings (SSSR count). The van der Waals surface area contributed by atoms with Crippen molar-refractivity contribution in [1.82, 2.24) is 4.90 Å². The minimum atomic E-state index is -0.265. The molecule has 0 spiro atoms. The molecule has 3 aliphatic rings. The number of nitrogens with zero attached hydrogens (tertiary/aromatic N) is 4. The average Bonchev–Trinajstić information content (AvgIpc) is 3.35. The van der Waals surface area contributed by atoms with Crippen LogP contribution in [-0.4, -0.2) is 11.9 Å². The van der Waals surface area contributed by atoms with Crippen LogP contribution in [0.2, 0.25) is 0 Å². The highest BCUT2D eigenvalue weighted by Crippen LogP contribution is 2.54. The topological polar surface area (TPSA) is 67.2 Å². The Morgan fingerprint density at radius 2 is 1.94 bits per heavy atom. The van der Waals surface area contributed by atoms with Crippen molar-refractivity contribution >= 4 is 11.8 Å². The molecule has 0 N–H and O–H groups in total. The Kier molecular flexibility index (Phi) is 5.50. The molecule has 0 radical (unpaired) electrons. The Hall–Kier alpha value is -4.22. The molecule has 0 saturated heterocycles. The van der Waals surface area contributed by atoms with E-state index in [2.05, 4.69) is 92.4 Å². The first-order valence-electron chi connectivity index (χ1n) is 11.9. The number of rotatable bonds is 4. The lowest BCUT2D eigenvalue weighted by Crippen LogP contribution is -2.32. The van der Waals surface area contributed by atoms with Gasteiger partial charge in [0.1, 0.15) is 35.3 Å². The summed E-state index contributed by atoms with van der Waals surface area (Å²) in [6.07, 6.45) is 13.6. The monoisotopic (exact) mass is 460 g/mol. The maximum absolute atomic E-state index is 9.14. The summed E-state index contributed by atoms with van der Waals surface area (Å²) < 4.78 is 6.22. The van der Waals surface area contributed by atoms with Gasteiger partial charge in [-0.25, -0.2) is 0 Å². The molecule has 0 fully saturated rings. The second-order valence-electron chi connectivity index (χ2n) is 9.95. The van der Waals surface area contributed by atoms with Crippen molar-refractivity contribution in [3.63, 3.8) is 0 Å². The van der Waals surface area contributed by atoms with E-state index in [-0.39, 0.29) is 17.0 Å². The number of anilines is 1. The van der Waals surface area contributed by atoms with Gasteiger partial charge < -0.3 is 14.2 Å². The molecule has 174 valence electrons. The first-order valence-corrected chi connectivity index (χ1v) is 11.9. The summed E-state index contributed by atoms with van der Waals surface area (Å²) in [5.74, 6) is 1.90. The van der Waals surface area contributed by atoms with Gasteiger partial charge in [0.25, 0.3) is 0 Å². The highest BCUT2D eigenvalue weighted by atomic mass is 16.3. The summed E-state index contributed by atoms with van der Waals surface area (Å²) in [5.41, 5.74) is 5.65. The summed E-state index contributed by atoms with van der Waals surface area (Å²) >= 11 is 0. The molecule has 0 amide bonds. The second-order valence-corrected chi connectivity index (χ2v) is 9.95. The number of para-hydroxylation sites is 1. The van der Waals surface area contributed by atoms with Crippen molar-refractivity contribution in [3.8, 4) is 12.1 Å². The highest BCUT2D eigenvalue weighted by Gasteiger charge is 2.48. The molecular formula is C30H28N4O.